The van der Waals surface area contributed by atoms with Crippen LogP contribution < -0.4 is 18.9 Å². The average molecular weight is 397 g/mol. The van der Waals surface area contributed by atoms with Crippen LogP contribution in [0.15, 0.2) is 30.3 Å². The van der Waals surface area contributed by atoms with Gasteiger partial charge in [-0.15, -0.1) is 0 Å². The molecule has 0 heterocycles. The molecule has 2 aromatic rings. The van der Waals surface area contributed by atoms with Gasteiger partial charge in [-0.3, -0.25) is 4.79 Å². The molecule has 0 unspecified atom stereocenters. The van der Waals surface area contributed by atoms with Crippen molar-refractivity contribution in [3.8, 4) is 28.7 Å². The van der Waals surface area contributed by atoms with Crippen LogP contribution in [0, 0.1) is 0 Å². The fraction of sp³-hybridized carbons (Fsp3) is 0.235. The molecule has 7 nitrogen and oxygen atoms in total. The highest BCUT2D eigenvalue weighted by Crippen LogP contribution is 2.39. The molecule has 26 heavy (non-hydrogen) atoms. The number of phenolic OH excluding ortho intramolecular Hbond substituents is 1. The zero-order valence-corrected chi connectivity index (χ0v) is 19.8. The van der Waals surface area contributed by atoms with Gasteiger partial charge in [0.15, 0.2) is 28.8 Å². The summed E-state index contributed by atoms with van der Waals surface area (Å²) in [5, 5.41) is 9.82. The van der Waals surface area contributed by atoms with E-state index >= 15 is 0 Å². The highest BCUT2D eigenvalue weighted by Gasteiger charge is 2.19. The molecule has 9 heteroatoms. The van der Waals surface area contributed by atoms with Gasteiger partial charge in [0.2, 0.25) is 5.75 Å². The standard InChI is InChI=1S/C17H18O6.H6OSi2/c1-20-13-6-5-10(7-12(13)18)16(19)11-8-14(21-2)17(23-4)15(9-11)22-3;2-1-3/h5-9,18H,1-4H3;2-3H3. The molecule has 0 aromatic heterocycles. The molecule has 0 amide bonds. The summed E-state index contributed by atoms with van der Waals surface area (Å²) in [6, 6.07) is 7.57. The van der Waals surface area contributed by atoms with E-state index in [1.807, 2.05) is 0 Å². The predicted octanol–water partition coefficient (Wildman–Crippen LogP) is 0.221. The number of methoxy groups -OCH3 is 4. The van der Waals surface area contributed by atoms with E-state index in [1.165, 1.54) is 40.6 Å². The maximum absolute atomic E-state index is 12.6. The number of carbonyl (C=O) groups is 1. The first kappa shape index (κ1) is 21.5. The summed E-state index contributed by atoms with van der Waals surface area (Å²) in [6.07, 6.45) is 0. The van der Waals surface area contributed by atoms with Crippen LogP contribution >= 0.6 is 0 Å². The van der Waals surface area contributed by atoms with Crippen molar-refractivity contribution in [2.75, 3.05) is 28.4 Å². The third-order valence-corrected chi connectivity index (χ3v) is 3.37. The van der Waals surface area contributed by atoms with Gasteiger partial charge >= 0.3 is 0 Å². The molecule has 0 spiro atoms. The lowest BCUT2D eigenvalue weighted by Crippen LogP contribution is -2.04. The van der Waals surface area contributed by atoms with E-state index in [-0.39, 0.29) is 11.5 Å². The fourth-order valence-electron chi connectivity index (χ4n) is 2.21. The molecule has 0 radical (unpaired) electrons. The van der Waals surface area contributed by atoms with Gasteiger partial charge in [-0.2, -0.15) is 0 Å². The molecule has 142 valence electrons. The maximum atomic E-state index is 12.6. The van der Waals surface area contributed by atoms with Crippen LogP contribution in [0.1, 0.15) is 15.9 Å². The van der Waals surface area contributed by atoms with E-state index in [2.05, 4.69) is 4.12 Å². The zero-order valence-electron chi connectivity index (χ0n) is 15.8. The van der Waals surface area contributed by atoms with Crippen molar-refractivity contribution >= 4 is 26.8 Å². The summed E-state index contributed by atoms with van der Waals surface area (Å²) in [6.45, 7) is 0. The van der Waals surface area contributed by atoms with Gasteiger partial charge < -0.3 is 28.2 Å². The third kappa shape index (κ3) is 5.00. The number of hydrogen-bond acceptors (Lipinski definition) is 7. The second-order valence-electron chi connectivity index (χ2n) is 5.04. The topological polar surface area (TPSA) is 83.5 Å². The molecule has 0 saturated carbocycles. The smallest absolute Gasteiger partial charge is 0.203 e. The Hall–Kier alpha value is -2.50. The first-order valence-electron chi connectivity index (χ1n) is 7.59. The minimum Gasteiger partial charge on any atom is -0.504 e. The van der Waals surface area contributed by atoms with Gasteiger partial charge in [0.25, 0.3) is 0 Å². The number of carbonyl (C=O) groups excluding carboxylic acids is 1. The van der Waals surface area contributed by atoms with E-state index in [1.54, 1.807) is 18.2 Å². The molecule has 0 aliphatic rings. The van der Waals surface area contributed by atoms with Crippen LogP contribution in [0.25, 0.3) is 0 Å². The minimum absolute atomic E-state index is 0.106. The first-order valence-corrected chi connectivity index (χ1v) is 9.22. The Kier molecular flexibility index (Phi) is 8.69. The Labute approximate surface area is 158 Å². The number of phenols is 1. The van der Waals surface area contributed by atoms with E-state index in [0.717, 1.165) is 21.0 Å². The van der Waals surface area contributed by atoms with Crippen LogP contribution in [0.3, 0.4) is 0 Å². The summed E-state index contributed by atoms with van der Waals surface area (Å²) in [4.78, 5) is 12.6. The van der Waals surface area contributed by atoms with Gasteiger partial charge in [-0.1, -0.05) is 0 Å². The van der Waals surface area contributed by atoms with E-state index < -0.39 is 0 Å². The van der Waals surface area contributed by atoms with Crippen molar-refractivity contribution in [1.29, 1.82) is 0 Å². The molecule has 0 atom stereocenters. The van der Waals surface area contributed by atoms with Gasteiger partial charge in [0, 0.05) is 11.1 Å². The highest BCUT2D eigenvalue weighted by atomic mass is 28.3. The normalized spacial score (nSPS) is 9.85. The molecule has 0 fully saturated rings. The summed E-state index contributed by atoms with van der Waals surface area (Å²) in [5.74, 6) is 1.07. The third-order valence-electron chi connectivity index (χ3n) is 3.37. The molecule has 1 N–H and O–H groups in total. The minimum atomic E-state index is -0.290. The molecular weight excluding hydrogens is 372 g/mol. The van der Waals surface area contributed by atoms with Gasteiger partial charge in [-0.25, -0.2) is 0 Å². The summed E-state index contributed by atoms with van der Waals surface area (Å²) < 4.78 is 25.2. The Bertz CT molecular complexity index is 725. The van der Waals surface area contributed by atoms with Crippen LogP contribution in [0.4, 0.5) is 0 Å². The van der Waals surface area contributed by atoms with Gasteiger partial charge in [0.1, 0.15) is 21.0 Å². The predicted molar refractivity (Wildman–Crippen MR) is 105 cm³/mol. The monoisotopic (exact) mass is 396 g/mol. The molecule has 2 rings (SSSR count). The molecule has 0 aliphatic carbocycles. The van der Waals surface area contributed by atoms with Crippen LogP contribution in [-0.2, 0) is 4.12 Å². The van der Waals surface area contributed by atoms with Crippen molar-refractivity contribution in [3.63, 3.8) is 0 Å². The number of rotatable bonds is 6. The van der Waals surface area contributed by atoms with Crippen molar-refractivity contribution in [1.82, 2.24) is 0 Å². The fourth-order valence-corrected chi connectivity index (χ4v) is 2.21. The first-order chi connectivity index (χ1) is 12.5. The molecular formula is C17H24O7Si2. The van der Waals surface area contributed by atoms with Crippen LogP contribution in [0.2, 0.25) is 0 Å². The lowest BCUT2D eigenvalue weighted by molar-refractivity contribution is 0.103. The second kappa shape index (κ2) is 10.5. The van der Waals surface area contributed by atoms with Crippen LogP contribution in [-0.4, -0.2) is 60.3 Å². The van der Waals surface area contributed by atoms with Crippen molar-refractivity contribution in [2.24, 2.45) is 0 Å². The lowest BCUT2D eigenvalue weighted by atomic mass is 10.0. The molecule has 0 saturated heterocycles. The Morgan fingerprint density at radius 1 is 0.808 bits per heavy atom. The van der Waals surface area contributed by atoms with E-state index in [9.17, 15) is 9.90 Å². The molecule has 0 bridgehead atoms. The number of hydrogen-bond donors (Lipinski definition) is 1. The average Bonchev–Trinajstić information content (AvgIpc) is 2.66. The summed E-state index contributed by atoms with van der Waals surface area (Å²) in [5.41, 5.74) is 0.668. The largest absolute Gasteiger partial charge is 0.504 e. The van der Waals surface area contributed by atoms with Gasteiger partial charge in [0.05, 0.1) is 28.4 Å². The molecule has 2 aromatic carbocycles. The SMILES string of the molecule is COc1ccc(C(=O)c2cc(OC)c(OC)c(OC)c2)cc1O.[SiH3]O[SiH3]. The second-order valence-corrected chi connectivity index (χ2v) is 8.30. The van der Waals surface area contributed by atoms with Crippen molar-refractivity contribution in [2.45, 2.75) is 0 Å². The maximum Gasteiger partial charge on any atom is 0.203 e. The van der Waals surface area contributed by atoms with E-state index in [0.29, 0.717) is 34.1 Å². The Balaban J connectivity index is 0.00000105. The number of aromatic hydroxyl groups is 1. The van der Waals surface area contributed by atoms with Crippen molar-refractivity contribution < 1.29 is 33.0 Å². The summed E-state index contributed by atoms with van der Waals surface area (Å²) in [7, 11) is 7.74. The Morgan fingerprint density at radius 3 is 1.69 bits per heavy atom. The van der Waals surface area contributed by atoms with Crippen molar-refractivity contribution in [3.05, 3.63) is 41.5 Å². The molecule has 0 aliphatic heterocycles. The summed E-state index contributed by atoms with van der Waals surface area (Å²) >= 11 is 0. The number of ketones is 1. The Morgan fingerprint density at radius 2 is 1.31 bits per heavy atom. The lowest BCUT2D eigenvalue weighted by Gasteiger charge is -2.14. The van der Waals surface area contributed by atoms with Gasteiger partial charge in [-0.05, 0) is 30.3 Å². The number of ether oxygens (including phenoxy) is 4. The number of benzene rings is 2. The quantitative estimate of drug-likeness (QED) is 0.552. The van der Waals surface area contributed by atoms with Crippen LogP contribution in [0.5, 0.6) is 28.7 Å². The zero-order chi connectivity index (χ0) is 19.7. The highest BCUT2D eigenvalue weighted by molar-refractivity contribution is 6.15. The van der Waals surface area contributed by atoms with E-state index in [4.69, 9.17) is 18.9 Å².